The van der Waals surface area contributed by atoms with Gasteiger partial charge in [-0.05, 0) is 67.6 Å². The predicted molar refractivity (Wildman–Crippen MR) is 131 cm³/mol. The average molecular weight is 453 g/mol. The summed E-state index contributed by atoms with van der Waals surface area (Å²) in [5, 5.41) is 12.2. The highest BCUT2D eigenvalue weighted by Gasteiger charge is 2.32. The molecule has 6 nitrogen and oxygen atoms in total. The number of carbonyl (C=O) groups excluding carboxylic acids is 1. The fraction of sp³-hybridized carbons (Fsp3) is 0.520. The molecule has 1 aromatic carbocycles. The van der Waals surface area contributed by atoms with E-state index >= 15 is 0 Å². The lowest BCUT2D eigenvalue weighted by Gasteiger charge is -2.33. The lowest BCUT2D eigenvalue weighted by atomic mass is 9.72. The van der Waals surface area contributed by atoms with Crippen molar-refractivity contribution in [2.75, 3.05) is 5.32 Å². The van der Waals surface area contributed by atoms with Gasteiger partial charge in [0.2, 0.25) is 5.91 Å². The molecule has 7 heteroatoms. The van der Waals surface area contributed by atoms with E-state index in [1.807, 2.05) is 25.1 Å². The Kier molecular flexibility index (Phi) is 5.96. The van der Waals surface area contributed by atoms with E-state index in [9.17, 15) is 9.59 Å². The summed E-state index contributed by atoms with van der Waals surface area (Å²) < 4.78 is 1.24. The Balaban J connectivity index is 1.66. The van der Waals surface area contributed by atoms with Gasteiger partial charge in [-0.1, -0.05) is 51.1 Å². The van der Waals surface area contributed by atoms with Crippen LogP contribution in [0.4, 0.5) is 5.69 Å². The van der Waals surface area contributed by atoms with Crippen molar-refractivity contribution in [2.45, 2.75) is 73.3 Å². The molecule has 0 bridgehead atoms. The molecule has 0 radical (unpaired) electrons. The maximum atomic E-state index is 13.4. The summed E-state index contributed by atoms with van der Waals surface area (Å²) in [5.41, 5.74) is 4.01. The summed E-state index contributed by atoms with van der Waals surface area (Å²) >= 11 is 1.58. The third-order valence-corrected chi connectivity index (χ3v) is 8.00. The number of para-hydroxylation sites is 1. The molecule has 0 spiro atoms. The number of anilines is 1. The van der Waals surface area contributed by atoms with Gasteiger partial charge in [0.05, 0.1) is 5.39 Å². The van der Waals surface area contributed by atoms with Gasteiger partial charge < -0.3 is 5.32 Å². The van der Waals surface area contributed by atoms with Crippen molar-refractivity contribution in [3.63, 3.8) is 0 Å². The Morgan fingerprint density at radius 1 is 1.34 bits per heavy atom. The van der Waals surface area contributed by atoms with Crippen LogP contribution < -0.4 is 10.9 Å². The van der Waals surface area contributed by atoms with E-state index < -0.39 is 6.04 Å². The average Bonchev–Trinajstić information content (AvgIpc) is 3.12. The molecule has 170 valence electrons. The van der Waals surface area contributed by atoms with Crippen LogP contribution in [0.3, 0.4) is 0 Å². The molecule has 0 saturated carbocycles. The number of hydrogen-bond donors (Lipinski definition) is 1. The highest BCUT2D eigenvalue weighted by Crippen LogP contribution is 2.41. The Labute approximate surface area is 193 Å². The molecule has 2 unspecified atom stereocenters. The minimum absolute atomic E-state index is 0.218. The van der Waals surface area contributed by atoms with Crippen LogP contribution >= 0.6 is 11.3 Å². The van der Waals surface area contributed by atoms with E-state index in [1.54, 1.807) is 18.3 Å². The number of rotatable bonds is 4. The zero-order valence-electron chi connectivity index (χ0n) is 19.8. The van der Waals surface area contributed by atoms with Gasteiger partial charge in [-0.15, -0.1) is 16.4 Å². The number of nitrogens with one attached hydrogen (secondary N) is 1. The number of hydrogen-bond acceptors (Lipinski definition) is 5. The smallest absolute Gasteiger partial charge is 0.279 e. The second-order valence-electron chi connectivity index (χ2n) is 9.96. The highest BCUT2D eigenvalue weighted by atomic mass is 32.1. The largest absolute Gasteiger partial charge is 0.324 e. The van der Waals surface area contributed by atoms with E-state index in [-0.39, 0.29) is 16.9 Å². The summed E-state index contributed by atoms with van der Waals surface area (Å²) in [4.78, 5) is 28.4. The zero-order valence-corrected chi connectivity index (χ0v) is 20.6. The molecular formula is C25H32N4O2S. The van der Waals surface area contributed by atoms with Crippen LogP contribution in [0.5, 0.6) is 0 Å². The van der Waals surface area contributed by atoms with Gasteiger partial charge in [0, 0.05) is 10.6 Å². The first-order valence-corrected chi connectivity index (χ1v) is 12.2. The van der Waals surface area contributed by atoms with Crippen LogP contribution in [0.25, 0.3) is 10.2 Å². The Morgan fingerprint density at radius 2 is 2.09 bits per heavy atom. The summed E-state index contributed by atoms with van der Waals surface area (Å²) in [6, 6.07) is 5.21. The third kappa shape index (κ3) is 3.98. The van der Waals surface area contributed by atoms with Gasteiger partial charge in [-0.2, -0.15) is 4.68 Å². The van der Waals surface area contributed by atoms with Crippen molar-refractivity contribution in [3.05, 3.63) is 50.1 Å². The van der Waals surface area contributed by atoms with Crippen molar-refractivity contribution in [3.8, 4) is 0 Å². The van der Waals surface area contributed by atoms with Crippen LogP contribution in [0.1, 0.15) is 68.6 Å². The maximum Gasteiger partial charge on any atom is 0.279 e. The number of fused-ring (bicyclic) bond motifs is 3. The third-order valence-electron chi connectivity index (χ3n) is 6.86. The van der Waals surface area contributed by atoms with Crippen molar-refractivity contribution in [1.82, 2.24) is 15.0 Å². The fourth-order valence-corrected chi connectivity index (χ4v) is 5.87. The second kappa shape index (κ2) is 8.43. The van der Waals surface area contributed by atoms with E-state index in [4.69, 9.17) is 0 Å². The molecular weight excluding hydrogens is 420 g/mol. The topological polar surface area (TPSA) is 76.9 Å². The second-order valence-corrected chi connectivity index (χ2v) is 11.0. The van der Waals surface area contributed by atoms with E-state index in [1.165, 1.54) is 9.56 Å². The molecule has 32 heavy (non-hydrogen) atoms. The van der Waals surface area contributed by atoms with E-state index in [2.05, 4.69) is 43.3 Å². The molecule has 1 N–H and O–H groups in total. The normalized spacial score (nSPS) is 17.2. The van der Waals surface area contributed by atoms with Crippen LogP contribution in [-0.2, 0) is 24.1 Å². The first kappa shape index (κ1) is 22.6. The van der Waals surface area contributed by atoms with Crippen molar-refractivity contribution in [2.24, 2.45) is 11.3 Å². The van der Waals surface area contributed by atoms with Crippen LogP contribution in [0, 0.1) is 18.3 Å². The first-order chi connectivity index (χ1) is 15.1. The lowest BCUT2D eigenvalue weighted by molar-refractivity contribution is -0.119. The summed E-state index contributed by atoms with van der Waals surface area (Å²) in [7, 11) is 0. The maximum absolute atomic E-state index is 13.4. The minimum Gasteiger partial charge on any atom is -0.324 e. The molecule has 1 aliphatic carbocycles. The van der Waals surface area contributed by atoms with Gasteiger partial charge in [-0.25, -0.2) is 0 Å². The number of thiophene rings is 1. The number of benzene rings is 1. The van der Waals surface area contributed by atoms with Gasteiger partial charge >= 0.3 is 0 Å². The number of aromatic nitrogens is 3. The van der Waals surface area contributed by atoms with Crippen molar-refractivity contribution >= 4 is 33.1 Å². The zero-order chi connectivity index (χ0) is 23.2. The monoisotopic (exact) mass is 452 g/mol. The molecule has 0 fully saturated rings. The van der Waals surface area contributed by atoms with Gasteiger partial charge in [-0.3, -0.25) is 9.59 Å². The molecule has 2 aromatic heterocycles. The number of aryl methyl sites for hydroxylation is 3. The van der Waals surface area contributed by atoms with Crippen LogP contribution in [0.2, 0.25) is 0 Å². The number of nitrogens with zero attached hydrogens (tertiary/aromatic N) is 3. The minimum atomic E-state index is -0.759. The predicted octanol–water partition coefficient (Wildman–Crippen LogP) is 5.07. The molecule has 0 saturated heterocycles. The summed E-state index contributed by atoms with van der Waals surface area (Å²) in [6.45, 7) is 12.6. The first-order valence-electron chi connectivity index (χ1n) is 11.4. The molecule has 0 aliphatic heterocycles. The lowest BCUT2D eigenvalue weighted by Crippen LogP contribution is -2.34. The van der Waals surface area contributed by atoms with Gasteiger partial charge in [0.1, 0.15) is 6.04 Å². The highest BCUT2D eigenvalue weighted by molar-refractivity contribution is 7.18. The van der Waals surface area contributed by atoms with Gasteiger partial charge in [0.25, 0.3) is 5.56 Å². The molecule has 4 rings (SSSR count). The number of amides is 1. The SMILES string of the molecule is CCc1cccc(C)c1NC(=O)C(C)n1nnc2sc3c(c2c1=O)CCC(C(C)(C)C)C3. The molecule has 1 aliphatic rings. The standard InChI is InChI=1S/C25H32N4O2S/c1-7-16-10-8-9-14(2)21(16)26-22(30)15(3)29-24(31)20-18-12-11-17(25(4,5)6)13-19(18)32-23(20)27-28-29/h8-10,15,17H,7,11-13H2,1-6H3,(H,26,30). The Morgan fingerprint density at radius 3 is 2.78 bits per heavy atom. The molecule has 1 amide bonds. The number of carbonyl (C=O) groups is 1. The quantitative estimate of drug-likeness (QED) is 0.599. The molecule has 2 atom stereocenters. The van der Waals surface area contributed by atoms with Crippen molar-refractivity contribution in [1.29, 1.82) is 0 Å². The summed E-state index contributed by atoms with van der Waals surface area (Å²) in [6.07, 6.45) is 3.73. The fourth-order valence-electron chi connectivity index (χ4n) is 4.64. The van der Waals surface area contributed by atoms with Crippen molar-refractivity contribution < 1.29 is 4.79 Å². The van der Waals surface area contributed by atoms with Crippen LogP contribution in [-0.4, -0.2) is 20.9 Å². The van der Waals surface area contributed by atoms with Crippen LogP contribution in [0.15, 0.2) is 23.0 Å². The van der Waals surface area contributed by atoms with E-state index in [0.717, 1.165) is 48.1 Å². The molecule has 3 aromatic rings. The Hall–Kier alpha value is -2.54. The summed E-state index contributed by atoms with van der Waals surface area (Å²) in [5.74, 6) is 0.325. The van der Waals surface area contributed by atoms with E-state index in [0.29, 0.717) is 16.1 Å². The molecule has 2 heterocycles. The van der Waals surface area contributed by atoms with Gasteiger partial charge in [0.15, 0.2) is 4.83 Å². The Bertz CT molecular complexity index is 1240.